The van der Waals surface area contributed by atoms with Crippen LogP contribution >= 0.6 is 0 Å². The van der Waals surface area contributed by atoms with Crippen molar-refractivity contribution < 1.29 is 5.11 Å². The quantitative estimate of drug-likeness (QED) is 0.693. The third-order valence-electron chi connectivity index (χ3n) is 2.23. The molecule has 0 fully saturated rings. The van der Waals surface area contributed by atoms with Crippen LogP contribution in [0.4, 0.5) is 0 Å². The summed E-state index contributed by atoms with van der Waals surface area (Å²) in [5, 5.41) is 14.7. The normalized spacial score (nSPS) is 12.2. The molecule has 0 aliphatic rings. The van der Waals surface area contributed by atoms with Crippen LogP contribution in [0.15, 0.2) is 24.4 Å². The van der Waals surface area contributed by atoms with Crippen molar-refractivity contribution in [1.29, 1.82) is 0 Å². The number of aromatic nitrogens is 2. The summed E-state index contributed by atoms with van der Waals surface area (Å²) in [6.45, 7) is 6.26. The van der Waals surface area contributed by atoms with Crippen molar-refractivity contribution in [2.24, 2.45) is 0 Å². The second-order valence-corrected chi connectivity index (χ2v) is 4.44. The van der Waals surface area contributed by atoms with Crippen molar-refractivity contribution in [3.8, 4) is 5.75 Å². The fraction of sp³-hybridized carbons (Fsp3) is 0.364. The SMILES string of the molecule is CC(C)(C)n1ncc2c(O)cccc21. The molecule has 0 aliphatic carbocycles. The number of phenols is 1. The zero-order chi connectivity index (χ0) is 10.3. The number of phenolic OH excluding ortho intramolecular Hbond substituents is 1. The Kier molecular flexibility index (Phi) is 1.77. The van der Waals surface area contributed by atoms with E-state index in [4.69, 9.17) is 0 Å². The molecule has 0 saturated carbocycles. The van der Waals surface area contributed by atoms with Crippen LogP contribution < -0.4 is 0 Å². The molecule has 0 atom stereocenters. The van der Waals surface area contributed by atoms with Crippen LogP contribution in [0, 0.1) is 0 Å². The molecule has 74 valence electrons. The average molecular weight is 190 g/mol. The highest BCUT2D eigenvalue weighted by Gasteiger charge is 2.17. The van der Waals surface area contributed by atoms with E-state index in [1.807, 2.05) is 16.8 Å². The van der Waals surface area contributed by atoms with Crippen molar-refractivity contribution >= 4 is 10.9 Å². The van der Waals surface area contributed by atoms with E-state index in [0.29, 0.717) is 0 Å². The largest absolute Gasteiger partial charge is 0.507 e. The van der Waals surface area contributed by atoms with Crippen LogP contribution in [0.2, 0.25) is 0 Å². The van der Waals surface area contributed by atoms with Crippen LogP contribution in [0.3, 0.4) is 0 Å². The van der Waals surface area contributed by atoms with Gasteiger partial charge >= 0.3 is 0 Å². The molecule has 0 amide bonds. The van der Waals surface area contributed by atoms with Gasteiger partial charge in [-0.15, -0.1) is 0 Å². The molecule has 0 spiro atoms. The number of hydrogen-bond acceptors (Lipinski definition) is 2. The summed E-state index contributed by atoms with van der Waals surface area (Å²) in [4.78, 5) is 0. The van der Waals surface area contributed by atoms with Gasteiger partial charge in [-0.2, -0.15) is 5.10 Å². The summed E-state index contributed by atoms with van der Waals surface area (Å²) in [7, 11) is 0. The molecule has 0 saturated heterocycles. The van der Waals surface area contributed by atoms with Crippen molar-refractivity contribution in [3.63, 3.8) is 0 Å². The van der Waals surface area contributed by atoms with Crippen molar-refractivity contribution in [3.05, 3.63) is 24.4 Å². The second-order valence-electron chi connectivity index (χ2n) is 4.44. The molecule has 2 aromatic rings. The van der Waals surface area contributed by atoms with Crippen LogP contribution in [0.1, 0.15) is 20.8 Å². The molecule has 1 N–H and O–H groups in total. The Morgan fingerprint density at radius 2 is 2.00 bits per heavy atom. The molecule has 0 bridgehead atoms. The number of rotatable bonds is 0. The summed E-state index contributed by atoms with van der Waals surface area (Å²) in [5.41, 5.74) is 0.910. The van der Waals surface area contributed by atoms with Gasteiger partial charge in [-0.3, -0.25) is 4.68 Å². The van der Waals surface area contributed by atoms with Crippen molar-refractivity contribution in [2.75, 3.05) is 0 Å². The molecular formula is C11H14N2O. The van der Waals surface area contributed by atoms with E-state index in [0.717, 1.165) is 10.9 Å². The Morgan fingerprint density at radius 3 is 2.64 bits per heavy atom. The van der Waals surface area contributed by atoms with E-state index in [9.17, 15) is 5.11 Å². The molecule has 1 aromatic carbocycles. The number of aromatic hydroxyl groups is 1. The zero-order valence-electron chi connectivity index (χ0n) is 8.65. The maximum Gasteiger partial charge on any atom is 0.126 e. The van der Waals surface area contributed by atoms with E-state index in [1.54, 1.807) is 12.3 Å². The fourth-order valence-electron chi connectivity index (χ4n) is 1.57. The monoisotopic (exact) mass is 190 g/mol. The molecule has 1 aromatic heterocycles. The third kappa shape index (κ3) is 1.25. The minimum Gasteiger partial charge on any atom is -0.507 e. The topological polar surface area (TPSA) is 38.0 Å². The molecule has 2 rings (SSSR count). The number of benzene rings is 1. The van der Waals surface area contributed by atoms with Crippen molar-refractivity contribution in [1.82, 2.24) is 9.78 Å². The average Bonchev–Trinajstić information content (AvgIpc) is 2.47. The highest BCUT2D eigenvalue weighted by molar-refractivity contribution is 5.84. The maximum atomic E-state index is 9.60. The lowest BCUT2D eigenvalue weighted by Gasteiger charge is -2.20. The van der Waals surface area contributed by atoms with Gasteiger partial charge in [0.25, 0.3) is 0 Å². The fourth-order valence-corrected chi connectivity index (χ4v) is 1.57. The first kappa shape index (κ1) is 9.06. The van der Waals surface area contributed by atoms with E-state index in [2.05, 4.69) is 25.9 Å². The smallest absolute Gasteiger partial charge is 0.126 e. The minimum atomic E-state index is -0.0600. The summed E-state index contributed by atoms with van der Waals surface area (Å²) >= 11 is 0. The predicted molar refractivity (Wildman–Crippen MR) is 56.4 cm³/mol. The molecule has 0 radical (unpaired) electrons. The Morgan fingerprint density at radius 1 is 1.29 bits per heavy atom. The number of hydrogen-bond donors (Lipinski definition) is 1. The standard InChI is InChI=1S/C11H14N2O/c1-11(2,3)13-9-5-4-6-10(14)8(9)7-12-13/h4-7,14H,1-3H3. The van der Waals surface area contributed by atoms with Crippen LogP contribution in [0.5, 0.6) is 5.75 Å². The lowest BCUT2D eigenvalue weighted by molar-refractivity contribution is 0.368. The molecule has 1 heterocycles. The molecule has 0 unspecified atom stereocenters. The van der Waals surface area contributed by atoms with E-state index >= 15 is 0 Å². The number of fused-ring (bicyclic) bond motifs is 1. The van der Waals surface area contributed by atoms with Gasteiger partial charge in [-0.25, -0.2) is 0 Å². The van der Waals surface area contributed by atoms with Crippen molar-refractivity contribution in [2.45, 2.75) is 26.3 Å². The van der Waals surface area contributed by atoms with Gasteiger partial charge in [0.05, 0.1) is 22.6 Å². The summed E-state index contributed by atoms with van der Waals surface area (Å²) < 4.78 is 1.92. The predicted octanol–water partition coefficient (Wildman–Crippen LogP) is 2.50. The van der Waals surface area contributed by atoms with E-state index in [1.165, 1.54) is 0 Å². The highest BCUT2D eigenvalue weighted by Crippen LogP contribution is 2.27. The van der Waals surface area contributed by atoms with E-state index in [-0.39, 0.29) is 11.3 Å². The Labute approximate surface area is 83.0 Å². The molecule has 3 nitrogen and oxygen atoms in total. The van der Waals surface area contributed by atoms with Gasteiger partial charge in [0.2, 0.25) is 0 Å². The third-order valence-corrected chi connectivity index (χ3v) is 2.23. The number of nitrogens with zero attached hydrogens (tertiary/aromatic N) is 2. The zero-order valence-corrected chi connectivity index (χ0v) is 8.65. The van der Waals surface area contributed by atoms with Crippen LogP contribution in [0.25, 0.3) is 10.9 Å². The van der Waals surface area contributed by atoms with Crippen LogP contribution in [-0.2, 0) is 5.54 Å². The molecule has 0 aliphatic heterocycles. The molecule has 14 heavy (non-hydrogen) atoms. The first-order valence-electron chi connectivity index (χ1n) is 4.66. The second kappa shape index (κ2) is 2.74. The molecular weight excluding hydrogens is 176 g/mol. The summed E-state index contributed by atoms with van der Waals surface area (Å²) in [6, 6.07) is 5.48. The van der Waals surface area contributed by atoms with E-state index < -0.39 is 0 Å². The van der Waals surface area contributed by atoms with Crippen LogP contribution in [-0.4, -0.2) is 14.9 Å². The first-order chi connectivity index (χ1) is 6.50. The maximum absolute atomic E-state index is 9.60. The Bertz CT molecular complexity index is 466. The van der Waals surface area contributed by atoms with Gasteiger partial charge in [-0.1, -0.05) is 6.07 Å². The van der Waals surface area contributed by atoms with Gasteiger partial charge < -0.3 is 5.11 Å². The highest BCUT2D eigenvalue weighted by atomic mass is 16.3. The summed E-state index contributed by atoms with van der Waals surface area (Å²) in [6.07, 6.45) is 1.70. The van der Waals surface area contributed by atoms with Gasteiger partial charge in [-0.05, 0) is 32.9 Å². The van der Waals surface area contributed by atoms with Gasteiger partial charge in [0.15, 0.2) is 0 Å². The first-order valence-corrected chi connectivity index (χ1v) is 4.66. The van der Waals surface area contributed by atoms with Gasteiger partial charge in [0, 0.05) is 0 Å². The summed E-state index contributed by atoms with van der Waals surface area (Å²) in [5.74, 6) is 0.290. The lowest BCUT2D eigenvalue weighted by atomic mass is 10.1. The lowest BCUT2D eigenvalue weighted by Crippen LogP contribution is -2.22. The minimum absolute atomic E-state index is 0.0600. The Hall–Kier alpha value is -1.51. The molecule has 3 heteroatoms. The van der Waals surface area contributed by atoms with Gasteiger partial charge in [0.1, 0.15) is 5.75 Å². The Balaban J connectivity index is 2.76.